The highest BCUT2D eigenvalue weighted by atomic mass is 79.9. The summed E-state index contributed by atoms with van der Waals surface area (Å²) in [5.41, 5.74) is 2.82. The van der Waals surface area contributed by atoms with Gasteiger partial charge < -0.3 is 18.9 Å². The van der Waals surface area contributed by atoms with Gasteiger partial charge in [0, 0.05) is 10.0 Å². The number of carbonyl (C=O) groups excluding carboxylic acids is 1. The van der Waals surface area contributed by atoms with E-state index < -0.39 is 12.0 Å². The van der Waals surface area contributed by atoms with Gasteiger partial charge in [0.05, 0.1) is 47.1 Å². The van der Waals surface area contributed by atoms with Gasteiger partial charge in [-0.2, -0.15) is 0 Å². The highest BCUT2D eigenvalue weighted by Crippen LogP contribution is 2.37. The van der Waals surface area contributed by atoms with Crippen molar-refractivity contribution in [2.45, 2.75) is 26.5 Å². The molecule has 4 aromatic rings. The Morgan fingerprint density at radius 1 is 1.05 bits per heavy atom. The molecule has 2 heterocycles. The molecule has 0 saturated heterocycles. The number of fused-ring (bicyclic) bond motifs is 1. The Balaban J connectivity index is 1.68. The van der Waals surface area contributed by atoms with Crippen LogP contribution in [-0.2, 0) is 16.1 Å². The fourth-order valence-electron chi connectivity index (χ4n) is 4.84. The van der Waals surface area contributed by atoms with Crippen LogP contribution in [0.3, 0.4) is 0 Å². The molecule has 11 heteroatoms. The number of esters is 1. The quantitative estimate of drug-likeness (QED) is 0.199. The van der Waals surface area contributed by atoms with E-state index in [1.165, 1.54) is 23.0 Å². The van der Waals surface area contributed by atoms with Crippen molar-refractivity contribution in [3.63, 3.8) is 0 Å². The number of methoxy groups -OCH3 is 2. The summed E-state index contributed by atoms with van der Waals surface area (Å²) >= 11 is 8.42. The smallest absolute Gasteiger partial charge is 0.338 e. The molecule has 0 spiro atoms. The minimum Gasteiger partial charge on any atom is -0.493 e. The summed E-state index contributed by atoms with van der Waals surface area (Å²) in [4.78, 5) is 32.5. The van der Waals surface area contributed by atoms with Gasteiger partial charge in [-0.15, -0.1) is 0 Å². The van der Waals surface area contributed by atoms with E-state index in [2.05, 4.69) is 36.9 Å². The predicted molar refractivity (Wildman–Crippen MR) is 173 cm³/mol. The molecule has 1 aliphatic rings. The molecule has 0 radical (unpaired) electrons. The van der Waals surface area contributed by atoms with Gasteiger partial charge in [0.2, 0.25) is 0 Å². The van der Waals surface area contributed by atoms with E-state index in [1.54, 1.807) is 39.2 Å². The number of hydrogen-bond acceptors (Lipinski definition) is 8. The van der Waals surface area contributed by atoms with Crippen LogP contribution in [0.2, 0.25) is 0 Å². The molecule has 0 N–H and O–H groups in total. The number of aromatic nitrogens is 1. The standard InChI is InChI=1S/C32H28Br2N2O6S/c1-5-41-31(38)27-18(2)35-32-36(28(27)20-11-12-24(39-3)25(14-20)40-4)30(37)26(43-32)15-21-13-22(33)16-23(34)29(21)42-17-19-9-7-6-8-10-19/h6-16,28H,5,17H2,1-4H3/b26-15-/t28-/m1/s1. The molecule has 0 amide bonds. The maximum Gasteiger partial charge on any atom is 0.338 e. The molecule has 1 atom stereocenters. The van der Waals surface area contributed by atoms with E-state index in [1.807, 2.05) is 48.5 Å². The molecule has 0 bridgehead atoms. The maximum absolute atomic E-state index is 14.2. The van der Waals surface area contributed by atoms with Gasteiger partial charge in [0.1, 0.15) is 12.4 Å². The zero-order chi connectivity index (χ0) is 30.7. The predicted octanol–water partition coefficient (Wildman–Crippen LogP) is 5.92. The fraction of sp³-hybridized carbons (Fsp3) is 0.219. The first-order valence-corrected chi connectivity index (χ1v) is 15.7. The first kappa shape index (κ1) is 30.8. The van der Waals surface area contributed by atoms with Crippen LogP contribution in [-0.4, -0.2) is 31.4 Å². The lowest BCUT2D eigenvalue weighted by atomic mass is 9.95. The van der Waals surface area contributed by atoms with E-state index >= 15 is 0 Å². The minimum absolute atomic E-state index is 0.183. The van der Waals surface area contributed by atoms with E-state index in [0.717, 1.165) is 14.5 Å². The average molecular weight is 728 g/mol. The summed E-state index contributed by atoms with van der Waals surface area (Å²) in [5.74, 6) is 1.06. The molecular formula is C32H28Br2N2O6S. The molecule has 5 rings (SSSR count). The second-order valence-electron chi connectivity index (χ2n) is 9.50. The number of allylic oxidation sites excluding steroid dienone is 1. The first-order valence-electron chi connectivity index (χ1n) is 13.3. The number of carbonyl (C=O) groups is 1. The Bertz CT molecular complexity index is 1900. The largest absolute Gasteiger partial charge is 0.493 e. The topological polar surface area (TPSA) is 88.4 Å². The van der Waals surface area contributed by atoms with Crippen molar-refractivity contribution in [2.24, 2.45) is 4.99 Å². The van der Waals surface area contributed by atoms with Crippen molar-refractivity contribution < 1.29 is 23.7 Å². The summed E-state index contributed by atoms with van der Waals surface area (Å²) in [6.07, 6.45) is 1.79. The van der Waals surface area contributed by atoms with Gasteiger partial charge in [-0.05, 0) is 71.2 Å². The molecule has 1 aliphatic heterocycles. The van der Waals surface area contributed by atoms with Crippen molar-refractivity contribution in [2.75, 3.05) is 20.8 Å². The molecular weight excluding hydrogens is 700 g/mol. The van der Waals surface area contributed by atoms with Crippen LogP contribution in [0.15, 0.2) is 90.7 Å². The summed E-state index contributed by atoms with van der Waals surface area (Å²) < 4.78 is 26.1. The molecule has 43 heavy (non-hydrogen) atoms. The Labute approximate surface area is 269 Å². The fourth-order valence-corrected chi connectivity index (χ4v) is 7.25. The van der Waals surface area contributed by atoms with Crippen LogP contribution < -0.4 is 29.1 Å². The van der Waals surface area contributed by atoms with Crippen molar-refractivity contribution >= 4 is 55.2 Å². The van der Waals surface area contributed by atoms with Crippen LogP contribution in [0.25, 0.3) is 6.08 Å². The van der Waals surface area contributed by atoms with Crippen LogP contribution in [0.5, 0.6) is 17.2 Å². The van der Waals surface area contributed by atoms with E-state index in [0.29, 0.717) is 50.0 Å². The van der Waals surface area contributed by atoms with E-state index in [9.17, 15) is 9.59 Å². The van der Waals surface area contributed by atoms with Gasteiger partial charge >= 0.3 is 5.97 Å². The monoisotopic (exact) mass is 726 g/mol. The van der Waals surface area contributed by atoms with E-state index in [4.69, 9.17) is 18.9 Å². The van der Waals surface area contributed by atoms with Crippen LogP contribution in [0.4, 0.5) is 0 Å². The molecule has 222 valence electrons. The Kier molecular flexibility index (Phi) is 9.53. The SMILES string of the molecule is CCOC(=O)C1=C(C)N=c2s/c(=C\c3cc(Br)cc(Br)c3OCc3ccccc3)c(=O)n2[C@@H]1c1ccc(OC)c(OC)c1. The van der Waals surface area contributed by atoms with Gasteiger partial charge in [-0.3, -0.25) is 9.36 Å². The van der Waals surface area contributed by atoms with Gasteiger partial charge in [-0.1, -0.05) is 63.7 Å². The number of rotatable bonds is 9. The second kappa shape index (κ2) is 13.3. The zero-order valence-corrected chi connectivity index (χ0v) is 27.8. The number of ether oxygens (including phenoxy) is 4. The normalized spacial score (nSPS) is 14.7. The minimum atomic E-state index is -0.791. The third-order valence-electron chi connectivity index (χ3n) is 6.79. The van der Waals surface area contributed by atoms with Gasteiger partial charge in [0.15, 0.2) is 16.3 Å². The number of halogens is 2. The maximum atomic E-state index is 14.2. The second-order valence-corrected chi connectivity index (χ2v) is 12.3. The Morgan fingerprint density at radius 2 is 1.79 bits per heavy atom. The summed E-state index contributed by atoms with van der Waals surface area (Å²) in [6.45, 7) is 4.02. The van der Waals surface area contributed by atoms with Crippen LogP contribution >= 0.6 is 43.2 Å². The highest BCUT2D eigenvalue weighted by Gasteiger charge is 2.34. The lowest BCUT2D eigenvalue weighted by molar-refractivity contribution is -0.139. The molecule has 0 fully saturated rings. The number of hydrogen-bond donors (Lipinski definition) is 0. The molecule has 0 saturated carbocycles. The molecule has 0 aliphatic carbocycles. The Hall–Kier alpha value is -3.67. The summed E-state index contributed by atoms with van der Waals surface area (Å²) in [7, 11) is 3.08. The molecule has 8 nitrogen and oxygen atoms in total. The van der Waals surface area contributed by atoms with E-state index in [-0.39, 0.29) is 17.7 Å². The van der Waals surface area contributed by atoms with Crippen molar-refractivity contribution in [3.8, 4) is 17.2 Å². The van der Waals surface area contributed by atoms with Crippen molar-refractivity contribution in [1.29, 1.82) is 0 Å². The number of benzene rings is 3. The average Bonchev–Trinajstić information content (AvgIpc) is 3.29. The molecule has 1 aromatic heterocycles. The zero-order valence-electron chi connectivity index (χ0n) is 23.9. The van der Waals surface area contributed by atoms with Crippen molar-refractivity contribution in [1.82, 2.24) is 4.57 Å². The Morgan fingerprint density at radius 3 is 2.49 bits per heavy atom. The number of thiazole rings is 1. The lowest BCUT2D eigenvalue weighted by Crippen LogP contribution is -2.40. The lowest BCUT2D eigenvalue weighted by Gasteiger charge is -2.25. The third kappa shape index (κ3) is 6.34. The highest BCUT2D eigenvalue weighted by molar-refractivity contribution is 9.11. The third-order valence-corrected chi connectivity index (χ3v) is 8.82. The number of nitrogens with zero attached hydrogens (tertiary/aromatic N) is 2. The van der Waals surface area contributed by atoms with Gasteiger partial charge in [-0.25, -0.2) is 9.79 Å². The first-order chi connectivity index (χ1) is 20.7. The molecule has 3 aromatic carbocycles. The van der Waals surface area contributed by atoms with Crippen molar-refractivity contribution in [3.05, 3.63) is 117 Å². The van der Waals surface area contributed by atoms with Crippen LogP contribution in [0.1, 0.15) is 36.6 Å². The molecule has 0 unspecified atom stereocenters. The van der Waals surface area contributed by atoms with Crippen LogP contribution in [0, 0.1) is 0 Å². The summed E-state index contributed by atoms with van der Waals surface area (Å²) in [5, 5.41) is 0. The summed E-state index contributed by atoms with van der Waals surface area (Å²) in [6, 6.07) is 18.2. The van der Waals surface area contributed by atoms with Gasteiger partial charge in [0.25, 0.3) is 5.56 Å².